The van der Waals surface area contributed by atoms with Crippen LogP contribution in [-0.2, 0) is 19.1 Å². The molecule has 3 amide bonds. The molecule has 1 N–H and O–H groups in total. The largest absolute Gasteiger partial charge is 0.455 e. The van der Waals surface area contributed by atoms with Gasteiger partial charge in [-0.25, -0.2) is 0 Å². The number of esters is 1. The molecular formula is C22H22N2O5S2. The van der Waals surface area contributed by atoms with E-state index in [-0.39, 0.29) is 41.0 Å². The first-order chi connectivity index (χ1) is 15.0. The zero-order valence-electron chi connectivity index (χ0n) is 16.7. The summed E-state index contributed by atoms with van der Waals surface area (Å²) in [5.41, 5.74) is 2.15. The molecule has 0 aliphatic carbocycles. The summed E-state index contributed by atoms with van der Waals surface area (Å²) in [7, 11) is 0. The van der Waals surface area contributed by atoms with E-state index in [1.54, 1.807) is 0 Å². The number of nitrogens with one attached hydrogen (secondary N) is 1. The average Bonchev–Trinajstić information content (AvgIpc) is 3.11. The number of hydrogen-bond acceptors (Lipinski definition) is 7. The molecule has 2 aromatic carbocycles. The van der Waals surface area contributed by atoms with Crippen LogP contribution in [0.25, 0.3) is 0 Å². The van der Waals surface area contributed by atoms with Crippen molar-refractivity contribution >= 4 is 46.5 Å². The lowest BCUT2D eigenvalue weighted by Crippen LogP contribution is -2.38. The van der Waals surface area contributed by atoms with Crippen molar-refractivity contribution in [1.82, 2.24) is 10.2 Å². The van der Waals surface area contributed by atoms with E-state index in [1.807, 2.05) is 60.7 Å². The third-order valence-corrected chi connectivity index (χ3v) is 6.57. The molecular weight excluding hydrogens is 436 g/mol. The first-order valence-electron chi connectivity index (χ1n) is 9.65. The highest BCUT2D eigenvalue weighted by atomic mass is 32.2. The summed E-state index contributed by atoms with van der Waals surface area (Å²) in [6.07, 6.45) is 0. The molecule has 2 aromatic rings. The number of hydrogen-bond donors (Lipinski definition) is 1. The van der Waals surface area contributed by atoms with Crippen LogP contribution < -0.4 is 5.32 Å². The molecule has 162 valence electrons. The summed E-state index contributed by atoms with van der Waals surface area (Å²) in [6.45, 7) is -0.180. The van der Waals surface area contributed by atoms with Crippen molar-refractivity contribution in [1.29, 1.82) is 0 Å². The molecule has 1 aliphatic heterocycles. The Hall–Kier alpha value is -2.78. The van der Waals surface area contributed by atoms with E-state index in [0.717, 1.165) is 27.8 Å². The van der Waals surface area contributed by atoms with E-state index in [0.29, 0.717) is 0 Å². The van der Waals surface area contributed by atoms with Crippen LogP contribution in [0.2, 0.25) is 0 Å². The van der Waals surface area contributed by atoms with Crippen LogP contribution >= 0.6 is 23.5 Å². The second-order valence-corrected chi connectivity index (χ2v) is 8.64. The van der Waals surface area contributed by atoms with Crippen molar-refractivity contribution in [3.8, 4) is 0 Å². The van der Waals surface area contributed by atoms with Gasteiger partial charge in [0.05, 0.1) is 16.8 Å². The molecule has 1 heterocycles. The Bertz CT molecular complexity index is 869. The van der Waals surface area contributed by atoms with Crippen LogP contribution in [0, 0.1) is 0 Å². The van der Waals surface area contributed by atoms with Gasteiger partial charge in [0.15, 0.2) is 6.61 Å². The monoisotopic (exact) mass is 458 g/mol. The van der Waals surface area contributed by atoms with Gasteiger partial charge in [-0.15, -0.1) is 11.8 Å². The van der Waals surface area contributed by atoms with E-state index in [4.69, 9.17) is 4.74 Å². The molecule has 1 saturated heterocycles. The van der Waals surface area contributed by atoms with Crippen LogP contribution in [-0.4, -0.2) is 59.1 Å². The highest BCUT2D eigenvalue weighted by Crippen LogP contribution is 2.35. The second-order valence-electron chi connectivity index (χ2n) is 6.62. The summed E-state index contributed by atoms with van der Waals surface area (Å²) in [4.78, 5) is 48.1. The highest BCUT2D eigenvalue weighted by molar-refractivity contribution is 8.14. The van der Waals surface area contributed by atoms with Crippen LogP contribution in [0.5, 0.6) is 0 Å². The number of amides is 3. The maximum absolute atomic E-state index is 12.2. The Morgan fingerprint density at radius 3 is 2.19 bits per heavy atom. The van der Waals surface area contributed by atoms with Crippen LogP contribution in [0.15, 0.2) is 60.7 Å². The van der Waals surface area contributed by atoms with Crippen molar-refractivity contribution < 1.29 is 23.9 Å². The lowest BCUT2D eigenvalue weighted by molar-refractivity contribution is -0.145. The Balaban J connectivity index is 1.42. The molecule has 0 atom stereocenters. The Kier molecular flexibility index (Phi) is 8.54. The van der Waals surface area contributed by atoms with Crippen molar-refractivity contribution in [3.63, 3.8) is 0 Å². The smallest absolute Gasteiger partial charge is 0.316 e. The van der Waals surface area contributed by atoms with Gasteiger partial charge in [-0.2, -0.15) is 0 Å². The highest BCUT2D eigenvalue weighted by Gasteiger charge is 2.29. The number of rotatable bonds is 10. The van der Waals surface area contributed by atoms with Gasteiger partial charge in [0.25, 0.3) is 11.1 Å². The normalized spacial score (nSPS) is 13.5. The van der Waals surface area contributed by atoms with Crippen LogP contribution in [0.1, 0.15) is 16.4 Å². The fourth-order valence-electron chi connectivity index (χ4n) is 2.93. The number of imide groups is 1. The fraction of sp³-hybridized carbons (Fsp3) is 0.273. The Morgan fingerprint density at radius 2 is 1.65 bits per heavy atom. The number of nitrogens with zero attached hydrogens (tertiary/aromatic N) is 1. The third kappa shape index (κ3) is 6.86. The topological polar surface area (TPSA) is 92.8 Å². The van der Waals surface area contributed by atoms with Gasteiger partial charge in [-0.1, -0.05) is 72.4 Å². The van der Waals surface area contributed by atoms with Gasteiger partial charge in [0.2, 0.25) is 5.91 Å². The predicted molar refractivity (Wildman–Crippen MR) is 121 cm³/mol. The number of carbonyl (C=O) groups excluding carboxylic acids is 4. The van der Waals surface area contributed by atoms with Gasteiger partial charge in [0.1, 0.15) is 0 Å². The predicted octanol–water partition coefficient (Wildman–Crippen LogP) is 2.86. The number of ether oxygens (including phenoxy) is 1. The molecule has 31 heavy (non-hydrogen) atoms. The molecule has 1 aliphatic rings. The van der Waals surface area contributed by atoms with Gasteiger partial charge >= 0.3 is 5.97 Å². The van der Waals surface area contributed by atoms with Crippen molar-refractivity contribution in [2.24, 2.45) is 0 Å². The average molecular weight is 459 g/mol. The number of benzene rings is 2. The Morgan fingerprint density at radius 1 is 1.03 bits per heavy atom. The second kappa shape index (κ2) is 11.6. The minimum atomic E-state index is -0.488. The molecule has 7 nitrogen and oxygen atoms in total. The number of thioether (sulfide) groups is 2. The van der Waals surface area contributed by atoms with Crippen molar-refractivity contribution in [3.05, 3.63) is 71.8 Å². The first-order valence-corrected chi connectivity index (χ1v) is 11.7. The van der Waals surface area contributed by atoms with E-state index in [9.17, 15) is 19.2 Å². The zero-order chi connectivity index (χ0) is 22.1. The molecule has 0 unspecified atom stereocenters. The molecule has 0 spiro atoms. The van der Waals surface area contributed by atoms with Crippen molar-refractivity contribution in [2.45, 2.75) is 5.25 Å². The third-order valence-electron chi connectivity index (χ3n) is 4.43. The molecule has 0 saturated carbocycles. The first kappa shape index (κ1) is 22.9. The molecule has 9 heteroatoms. The molecule has 1 fully saturated rings. The van der Waals surface area contributed by atoms with Crippen molar-refractivity contribution in [2.75, 3.05) is 31.2 Å². The van der Waals surface area contributed by atoms with Crippen LogP contribution in [0.4, 0.5) is 4.79 Å². The number of carbonyl (C=O) groups is 4. The summed E-state index contributed by atoms with van der Waals surface area (Å²) in [6, 6.07) is 19.8. The quantitative estimate of drug-likeness (QED) is 0.547. The summed E-state index contributed by atoms with van der Waals surface area (Å²) >= 11 is 2.38. The van der Waals surface area contributed by atoms with E-state index in [1.165, 1.54) is 11.8 Å². The van der Waals surface area contributed by atoms with Gasteiger partial charge in [0, 0.05) is 13.1 Å². The minimum Gasteiger partial charge on any atom is -0.455 e. The molecule has 3 rings (SSSR count). The molecule has 0 aromatic heterocycles. The SMILES string of the molecule is O=C(COC(=O)CSC(c1ccccc1)c1ccccc1)NCCN1C(=O)CSC1=O. The maximum atomic E-state index is 12.2. The van der Waals surface area contributed by atoms with Gasteiger partial charge < -0.3 is 10.1 Å². The lowest BCUT2D eigenvalue weighted by atomic mass is 10.0. The molecule has 0 radical (unpaired) electrons. The van der Waals surface area contributed by atoms with Gasteiger partial charge in [-0.05, 0) is 11.1 Å². The summed E-state index contributed by atoms with van der Waals surface area (Å²) in [5, 5.41) is 2.20. The summed E-state index contributed by atoms with van der Waals surface area (Å²) < 4.78 is 5.07. The van der Waals surface area contributed by atoms with Crippen LogP contribution in [0.3, 0.4) is 0 Å². The fourth-order valence-corrected chi connectivity index (χ4v) is 4.77. The van der Waals surface area contributed by atoms with E-state index in [2.05, 4.69) is 5.32 Å². The Labute approximate surface area is 188 Å². The van der Waals surface area contributed by atoms with Gasteiger partial charge in [-0.3, -0.25) is 24.1 Å². The lowest BCUT2D eigenvalue weighted by Gasteiger charge is -2.17. The van der Waals surface area contributed by atoms with E-state index < -0.39 is 18.5 Å². The molecule has 0 bridgehead atoms. The maximum Gasteiger partial charge on any atom is 0.316 e. The summed E-state index contributed by atoms with van der Waals surface area (Å²) in [5.74, 6) is -1.00. The van der Waals surface area contributed by atoms with E-state index >= 15 is 0 Å². The zero-order valence-corrected chi connectivity index (χ0v) is 18.3. The standard InChI is InChI=1S/C22H22N2O5S2/c25-18(23-11-12-24-19(26)14-31-22(24)28)13-29-20(27)15-30-21(16-7-3-1-4-8-16)17-9-5-2-6-10-17/h1-10,21H,11-15H2,(H,23,25). The minimum absolute atomic E-state index is 0.0304.